The zero-order valence-electron chi connectivity index (χ0n) is 16.8. The zero-order chi connectivity index (χ0) is 21.0. The van der Waals surface area contributed by atoms with Gasteiger partial charge in [0.25, 0.3) is 0 Å². The van der Waals surface area contributed by atoms with Gasteiger partial charge in [-0.1, -0.05) is 29.8 Å². The molecule has 3 rings (SSSR count). The molecule has 0 amide bonds. The third-order valence-electron chi connectivity index (χ3n) is 4.63. The lowest BCUT2D eigenvalue weighted by atomic mass is 10.1. The number of nitrogens with zero attached hydrogens (tertiary/aromatic N) is 1. The molecule has 150 valence electrons. The first-order chi connectivity index (χ1) is 13.8. The number of hydrogen-bond acceptors (Lipinski definition) is 5. The highest BCUT2D eigenvalue weighted by Crippen LogP contribution is 2.31. The van der Waals surface area contributed by atoms with Crippen molar-refractivity contribution in [1.82, 2.24) is 0 Å². The van der Waals surface area contributed by atoms with Crippen molar-refractivity contribution in [3.05, 3.63) is 82.9 Å². The lowest BCUT2D eigenvalue weighted by Crippen LogP contribution is -2.10. The smallest absolute Gasteiger partial charge is 0.339 e. The van der Waals surface area contributed by atoms with E-state index >= 15 is 0 Å². The molecule has 0 spiro atoms. The number of aryl methyl sites for hydroxylation is 2. The summed E-state index contributed by atoms with van der Waals surface area (Å²) in [6, 6.07) is 17.4. The van der Waals surface area contributed by atoms with Gasteiger partial charge in [-0.15, -0.1) is 0 Å². The van der Waals surface area contributed by atoms with Crippen LogP contribution in [0.15, 0.2) is 70.6 Å². The van der Waals surface area contributed by atoms with E-state index in [-0.39, 0.29) is 10.6 Å². The maximum absolute atomic E-state index is 12.5. The first kappa shape index (κ1) is 20.6. The van der Waals surface area contributed by atoms with Gasteiger partial charge in [-0.2, -0.15) is 8.42 Å². The summed E-state index contributed by atoms with van der Waals surface area (Å²) in [5.74, 6) is 0.433. The van der Waals surface area contributed by atoms with Crippen LogP contribution in [0.1, 0.15) is 22.3 Å². The molecule has 3 aromatic carbocycles. The monoisotopic (exact) mass is 409 g/mol. The van der Waals surface area contributed by atoms with E-state index in [0.29, 0.717) is 5.75 Å². The van der Waals surface area contributed by atoms with Gasteiger partial charge in [-0.25, -0.2) is 0 Å². The summed E-state index contributed by atoms with van der Waals surface area (Å²) in [5.41, 5.74) is 4.89. The van der Waals surface area contributed by atoms with Crippen molar-refractivity contribution in [3.8, 4) is 11.5 Å². The fourth-order valence-corrected chi connectivity index (χ4v) is 3.66. The van der Waals surface area contributed by atoms with E-state index in [9.17, 15) is 8.42 Å². The molecule has 0 bridgehead atoms. The Morgan fingerprint density at radius 1 is 0.897 bits per heavy atom. The molecule has 0 radical (unpaired) electrons. The predicted octanol–water partition coefficient (Wildman–Crippen LogP) is 5.14. The van der Waals surface area contributed by atoms with E-state index in [2.05, 4.69) is 4.99 Å². The molecule has 0 aliphatic heterocycles. The topological polar surface area (TPSA) is 65.0 Å². The number of benzene rings is 3. The molecule has 29 heavy (non-hydrogen) atoms. The van der Waals surface area contributed by atoms with Crippen LogP contribution in [0.25, 0.3) is 0 Å². The van der Waals surface area contributed by atoms with Crippen LogP contribution in [0.4, 0.5) is 5.69 Å². The average molecular weight is 410 g/mol. The standard InChI is InChI=1S/C23H23NO4S/c1-16-8-11-20(12-9-16)29(25,26)28-22-13-10-19(14-23(22)27-4)15-24-21-7-5-6-17(2)18(21)3/h5-15H,1-4H3. The Morgan fingerprint density at radius 3 is 2.31 bits per heavy atom. The molecular weight excluding hydrogens is 386 g/mol. The number of aliphatic imine (C=N–C) groups is 1. The van der Waals surface area contributed by atoms with Gasteiger partial charge < -0.3 is 8.92 Å². The molecule has 0 saturated heterocycles. The van der Waals surface area contributed by atoms with Gasteiger partial charge in [0, 0.05) is 6.21 Å². The van der Waals surface area contributed by atoms with Crippen molar-refractivity contribution in [1.29, 1.82) is 0 Å². The molecule has 6 heteroatoms. The van der Waals surface area contributed by atoms with Crippen molar-refractivity contribution in [2.75, 3.05) is 7.11 Å². The summed E-state index contributed by atoms with van der Waals surface area (Å²) in [7, 11) is -2.49. The van der Waals surface area contributed by atoms with Crippen molar-refractivity contribution >= 4 is 22.0 Å². The third-order valence-corrected chi connectivity index (χ3v) is 5.87. The molecular formula is C23H23NO4S. The van der Waals surface area contributed by atoms with E-state index in [1.807, 2.05) is 39.0 Å². The van der Waals surface area contributed by atoms with Gasteiger partial charge in [0.1, 0.15) is 4.90 Å². The minimum atomic E-state index is -3.95. The van der Waals surface area contributed by atoms with Crippen LogP contribution >= 0.6 is 0 Å². The van der Waals surface area contributed by atoms with Crippen molar-refractivity contribution in [2.24, 2.45) is 4.99 Å². The van der Waals surface area contributed by atoms with E-state index < -0.39 is 10.1 Å². The van der Waals surface area contributed by atoms with Crippen LogP contribution in [-0.2, 0) is 10.1 Å². The van der Waals surface area contributed by atoms with Crippen LogP contribution in [0.5, 0.6) is 11.5 Å². The van der Waals surface area contributed by atoms with Crippen LogP contribution in [0.2, 0.25) is 0 Å². The second kappa shape index (κ2) is 8.49. The minimum Gasteiger partial charge on any atom is -0.493 e. The van der Waals surface area contributed by atoms with Crippen molar-refractivity contribution in [2.45, 2.75) is 25.7 Å². The molecule has 0 aromatic heterocycles. The summed E-state index contributed by atoms with van der Waals surface area (Å²) in [4.78, 5) is 4.62. The second-order valence-corrected chi connectivity index (χ2v) is 8.28. The molecule has 0 fully saturated rings. The maximum atomic E-state index is 12.5. The summed E-state index contributed by atoms with van der Waals surface area (Å²) in [6.45, 7) is 5.95. The van der Waals surface area contributed by atoms with Gasteiger partial charge in [0.2, 0.25) is 0 Å². The van der Waals surface area contributed by atoms with Gasteiger partial charge in [0.15, 0.2) is 11.5 Å². The van der Waals surface area contributed by atoms with Gasteiger partial charge in [-0.05, 0) is 73.9 Å². The van der Waals surface area contributed by atoms with Crippen LogP contribution in [0.3, 0.4) is 0 Å². The molecule has 0 heterocycles. The molecule has 0 aliphatic carbocycles. The first-order valence-corrected chi connectivity index (χ1v) is 10.5. The Bertz CT molecular complexity index is 1150. The number of rotatable bonds is 6. The van der Waals surface area contributed by atoms with Crippen LogP contribution in [0, 0.1) is 20.8 Å². The maximum Gasteiger partial charge on any atom is 0.339 e. The van der Waals surface area contributed by atoms with Crippen molar-refractivity contribution < 1.29 is 17.3 Å². The highest BCUT2D eigenvalue weighted by molar-refractivity contribution is 7.87. The van der Waals surface area contributed by atoms with Gasteiger partial charge >= 0.3 is 10.1 Å². The normalized spacial score (nSPS) is 11.6. The van der Waals surface area contributed by atoms with Crippen LogP contribution in [-0.4, -0.2) is 21.7 Å². The fourth-order valence-electron chi connectivity index (χ4n) is 2.72. The number of hydrogen-bond donors (Lipinski definition) is 0. The highest BCUT2D eigenvalue weighted by Gasteiger charge is 2.19. The summed E-state index contributed by atoms with van der Waals surface area (Å²) in [6.07, 6.45) is 1.71. The Balaban J connectivity index is 1.86. The second-order valence-electron chi connectivity index (χ2n) is 6.74. The Kier molecular flexibility index (Phi) is 6.03. The highest BCUT2D eigenvalue weighted by atomic mass is 32.2. The minimum absolute atomic E-state index is 0.0886. The predicted molar refractivity (Wildman–Crippen MR) is 115 cm³/mol. The first-order valence-electron chi connectivity index (χ1n) is 9.09. The Labute approximate surface area is 171 Å². The summed E-state index contributed by atoms with van der Waals surface area (Å²) < 4.78 is 35.7. The zero-order valence-corrected chi connectivity index (χ0v) is 17.7. The number of ether oxygens (including phenoxy) is 1. The van der Waals surface area contributed by atoms with Gasteiger partial charge in [0.05, 0.1) is 12.8 Å². The van der Waals surface area contributed by atoms with E-state index in [1.54, 1.807) is 36.5 Å². The summed E-state index contributed by atoms with van der Waals surface area (Å²) >= 11 is 0. The molecule has 0 N–H and O–H groups in total. The molecule has 5 nitrogen and oxygen atoms in total. The molecule has 0 atom stereocenters. The fraction of sp³-hybridized carbons (Fsp3) is 0.174. The largest absolute Gasteiger partial charge is 0.493 e. The molecule has 0 unspecified atom stereocenters. The molecule has 0 saturated carbocycles. The van der Waals surface area contributed by atoms with E-state index in [1.165, 1.54) is 24.8 Å². The Hall–Kier alpha value is -3.12. The quantitative estimate of drug-likeness (QED) is 0.418. The lowest BCUT2D eigenvalue weighted by molar-refractivity contribution is 0.390. The average Bonchev–Trinajstić information content (AvgIpc) is 2.70. The third kappa shape index (κ3) is 4.84. The molecule has 3 aromatic rings. The lowest BCUT2D eigenvalue weighted by Gasteiger charge is -2.11. The van der Waals surface area contributed by atoms with E-state index in [4.69, 9.17) is 8.92 Å². The van der Waals surface area contributed by atoms with E-state index in [0.717, 1.165) is 22.4 Å². The number of methoxy groups -OCH3 is 1. The van der Waals surface area contributed by atoms with Crippen molar-refractivity contribution in [3.63, 3.8) is 0 Å². The van der Waals surface area contributed by atoms with Gasteiger partial charge in [-0.3, -0.25) is 4.99 Å². The Morgan fingerprint density at radius 2 is 1.62 bits per heavy atom. The summed E-state index contributed by atoms with van der Waals surface area (Å²) in [5, 5.41) is 0. The SMILES string of the molecule is COc1cc(C=Nc2cccc(C)c2C)ccc1OS(=O)(=O)c1ccc(C)cc1. The molecule has 0 aliphatic rings. The van der Waals surface area contributed by atoms with Crippen LogP contribution < -0.4 is 8.92 Å².